The van der Waals surface area contributed by atoms with Crippen molar-refractivity contribution in [3.8, 4) is 0 Å². The molecule has 10 heteroatoms. The van der Waals surface area contributed by atoms with Gasteiger partial charge in [-0.2, -0.15) is 13.2 Å². The largest absolute Gasteiger partial charge is 0.417 e. The van der Waals surface area contributed by atoms with Crippen LogP contribution in [0.25, 0.3) is 0 Å². The van der Waals surface area contributed by atoms with Crippen LogP contribution < -0.4 is 11.1 Å². The highest BCUT2D eigenvalue weighted by Gasteiger charge is 2.34. The van der Waals surface area contributed by atoms with Crippen LogP contribution in [0.1, 0.15) is 16.1 Å². The van der Waals surface area contributed by atoms with Crippen LogP contribution in [0.2, 0.25) is 5.02 Å². The second kappa shape index (κ2) is 5.57. The maximum atomic E-state index is 12.8. The van der Waals surface area contributed by atoms with Gasteiger partial charge in [-0.25, -0.2) is 4.98 Å². The third kappa shape index (κ3) is 3.48. The molecule has 0 saturated carbocycles. The van der Waals surface area contributed by atoms with Crippen molar-refractivity contribution in [2.75, 3.05) is 11.1 Å². The van der Waals surface area contributed by atoms with Crippen LogP contribution in [0.3, 0.4) is 0 Å². The molecule has 1 aromatic heterocycles. The number of hydrogen-bond donors (Lipinski definition) is 3. The Kier molecular flexibility index (Phi) is 4.15. The van der Waals surface area contributed by atoms with Crippen molar-refractivity contribution in [2.45, 2.75) is 6.18 Å². The highest BCUT2D eigenvalue weighted by Crippen LogP contribution is 2.39. The molecule has 4 N–H and O–H groups in total. The van der Waals surface area contributed by atoms with Gasteiger partial charge >= 0.3 is 6.18 Å². The first kappa shape index (κ1) is 15.6. The zero-order valence-corrected chi connectivity index (χ0v) is 12.4. The van der Waals surface area contributed by atoms with E-state index in [1.807, 2.05) is 0 Å². The molecule has 21 heavy (non-hydrogen) atoms. The number of anilines is 2. The molecule has 0 aliphatic rings. The molecule has 0 fully saturated rings. The van der Waals surface area contributed by atoms with Gasteiger partial charge in [-0.15, -0.1) is 0 Å². The normalized spacial score (nSPS) is 11.5. The van der Waals surface area contributed by atoms with Crippen molar-refractivity contribution < 1.29 is 18.0 Å². The van der Waals surface area contributed by atoms with E-state index < -0.39 is 17.6 Å². The van der Waals surface area contributed by atoms with Gasteiger partial charge in [0.15, 0.2) is 5.95 Å². The Hall–Kier alpha value is -1.74. The summed E-state index contributed by atoms with van der Waals surface area (Å²) in [5.74, 6) is -0.699. The minimum atomic E-state index is -4.58. The molecule has 1 heterocycles. The van der Waals surface area contributed by atoms with Crippen LogP contribution in [0.15, 0.2) is 22.8 Å². The molecule has 0 bridgehead atoms. The number of rotatable bonds is 2. The molecule has 0 radical (unpaired) electrons. The number of hydrogen-bond acceptors (Lipinski definition) is 3. The van der Waals surface area contributed by atoms with Gasteiger partial charge in [0.2, 0.25) is 0 Å². The molecule has 0 atom stereocenters. The van der Waals surface area contributed by atoms with Gasteiger partial charge in [0.25, 0.3) is 5.91 Å². The van der Waals surface area contributed by atoms with Gasteiger partial charge in [0, 0.05) is 4.47 Å². The molecule has 112 valence electrons. The average molecular weight is 384 g/mol. The number of imidazole rings is 1. The lowest BCUT2D eigenvalue weighted by Crippen LogP contribution is -2.14. The number of H-pyrrole nitrogens is 1. The number of carbonyl (C=O) groups excluding carboxylic acids is 1. The van der Waals surface area contributed by atoms with Crippen molar-refractivity contribution >= 4 is 45.1 Å². The summed E-state index contributed by atoms with van der Waals surface area (Å²) in [4.78, 5) is 17.9. The summed E-state index contributed by atoms with van der Waals surface area (Å²) in [6, 6.07) is 1.80. The first-order valence-electron chi connectivity index (χ1n) is 5.36. The number of nitrogen functional groups attached to an aromatic ring is 1. The van der Waals surface area contributed by atoms with E-state index in [0.29, 0.717) is 0 Å². The summed E-state index contributed by atoms with van der Waals surface area (Å²) in [6.45, 7) is 0. The van der Waals surface area contributed by atoms with Crippen molar-refractivity contribution in [1.82, 2.24) is 9.97 Å². The molecule has 2 rings (SSSR count). The smallest absolute Gasteiger partial charge is 0.369 e. The van der Waals surface area contributed by atoms with Crippen LogP contribution in [0, 0.1) is 0 Å². The summed E-state index contributed by atoms with van der Waals surface area (Å²) in [6.07, 6.45) is -3.43. The quantitative estimate of drug-likeness (QED) is 0.740. The lowest BCUT2D eigenvalue weighted by Gasteiger charge is -2.13. The molecule has 0 unspecified atom stereocenters. The van der Waals surface area contributed by atoms with Gasteiger partial charge in [-0.3, -0.25) is 4.79 Å². The monoisotopic (exact) mass is 382 g/mol. The predicted octanol–water partition coefficient (Wildman–Crippen LogP) is 3.68. The molecule has 1 amide bonds. The fourth-order valence-electron chi connectivity index (χ4n) is 1.50. The number of aromatic nitrogens is 2. The van der Waals surface area contributed by atoms with Crippen LogP contribution in [-0.2, 0) is 6.18 Å². The van der Waals surface area contributed by atoms with E-state index in [0.717, 1.165) is 18.3 Å². The minimum Gasteiger partial charge on any atom is -0.369 e. The van der Waals surface area contributed by atoms with Crippen molar-refractivity contribution in [3.63, 3.8) is 0 Å². The number of benzene rings is 1. The molecule has 0 aliphatic heterocycles. The first-order chi connectivity index (χ1) is 9.68. The van der Waals surface area contributed by atoms with Crippen LogP contribution in [-0.4, -0.2) is 15.9 Å². The third-order valence-electron chi connectivity index (χ3n) is 2.45. The summed E-state index contributed by atoms with van der Waals surface area (Å²) in [5.41, 5.74) is 4.19. The lowest BCUT2D eigenvalue weighted by molar-refractivity contribution is -0.138. The second-order valence-electron chi connectivity index (χ2n) is 3.95. The Balaban J connectivity index is 2.34. The number of amides is 1. The molecule has 0 saturated heterocycles. The van der Waals surface area contributed by atoms with E-state index in [4.69, 9.17) is 17.3 Å². The Morgan fingerprint density at radius 1 is 1.43 bits per heavy atom. The van der Waals surface area contributed by atoms with Crippen molar-refractivity contribution in [1.29, 1.82) is 0 Å². The van der Waals surface area contributed by atoms with E-state index in [1.165, 1.54) is 0 Å². The van der Waals surface area contributed by atoms with E-state index in [9.17, 15) is 18.0 Å². The molecular formula is C11H7BrClF3N4O. The number of nitrogens with two attached hydrogens (primary N) is 1. The first-order valence-corrected chi connectivity index (χ1v) is 6.53. The maximum absolute atomic E-state index is 12.8. The van der Waals surface area contributed by atoms with Crippen LogP contribution >= 0.6 is 27.5 Å². The zero-order valence-electron chi connectivity index (χ0n) is 10.1. The fourth-order valence-corrected chi connectivity index (χ4v) is 2.41. The topological polar surface area (TPSA) is 83.8 Å². The summed E-state index contributed by atoms with van der Waals surface area (Å²) in [5, 5.41) is 2.22. The van der Waals surface area contributed by atoms with Crippen LogP contribution in [0.5, 0.6) is 0 Å². The second-order valence-corrected chi connectivity index (χ2v) is 5.21. The summed E-state index contributed by atoms with van der Waals surface area (Å²) < 4.78 is 38.2. The van der Waals surface area contributed by atoms with Crippen molar-refractivity contribution in [2.24, 2.45) is 0 Å². The third-order valence-corrected chi connectivity index (χ3v) is 3.42. The number of nitrogens with zero attached hydrogens (tertiary/aromatic N) is 1. The Morgan fingerprint density at radius 2 is 2.10 bits per heavy atom. The van der Waals surface area contributed by atoms with Gasteiger partial charge in [0.1, 0.15) is 5.69 Å². The van der Waals surface area contributed by atoms with Gasteiger partial charge in [-0.1, -0.05) is 27.5 Å². The Labute approximate surface area is 129 Å². The van der Waals surface area contributed by atoms with E-state index >= 15 is 0 Å². The van der Waals surface area contributed by atoms with Gasteiger partial charge in [0.05, 0.1) is 22.5 Å². The average Bonchev–Trinajstić information content (AvgIpc) is 2.77. The molecule has 0 aliphatic carbocycles. The predicted molar refractivity (Wildman–Crippen MR) is 75.1 cm³/mol. The summed E-state index contributed by atoms with van der Waals surface area (Å²) >= 11 is 8.61. The fraction of sp³-hybridized carbons (Fsp3) is 0.0909. The number of nitrogens with one attached hydrogen (secondary N) is 2. The standard InChI is InChI=1S/C11H7BrClF3N4O/c12-5-2-6(13)7(1-4(5)11(14,15)16)19-9(21)8-3-18-10(17)20-8/h1-3H,(H,19,21)(H3,17,18,20). The maximum Gasteiger partial charge on any atom is 0.417 e. The van der Waals surface area contributed by atoms with Crippen molar-refractivity contribution in [3.05, 3.63) is 39.1 Å². The Morgan fingerprint density at radius 3 is 2.62 bits per heavy atom. The summed E-state index contributed by atoms with van der Waals surface area (Å²) in [7, 11) is 0. The van der Waals surface area contributed by atoms with E-state index in [-0.39, 0.29) is 26.8 Å². The van der Waals surface area contributed by atoms with E-state index in [2.05, 4.69) is 31.2 Å². The zero-order chi connectivity index (χ0) is 15.8. The number of alkyl halides is 3. The number of aromatic amines is 1. The highest BCUT2D eigenvalue weighted by molar-refractivity contribution is 9.10. The number of carbonyl (C=O) groups is 1. The van der Waals surface area contributed by atoms with Gasteiger partial charge < -0.3 is 16.0 Å². The molecule has 2 aromatic rings. The number of halogens is 5. The molecule has 1 aromatic carbocycles. The molecular weight excluding hydrogens is 376 g/mol. The lowest BCUT2D eigenvalue weighted by atomic mass is 10.2. The molecule has 0 spiro atoms. The van der Waals surface area contributed by atoms with E-state index in [1.54, 1.807) is 0 Å². The minimum absolute atomic E-state index is 0.0000408. The SMILES string of the molecule is Nc1ncc(C(=O)Nc2cc(C(F)(F)F)c(Br)cc2Cl)[nH]1. The molecule has 5 nitrogen and oxygen atoms in total. The van der Waals surface area contributed by atoms with Crippen LogP contribution in [0.4, 0.5) is 24.8 Å². The highest BCUT2D eigenvalue weighted by atomic mass is 79.9. The van der Waals surface area contributed by atoms with Gasteiger partial charge in [-0.05, 0) is 12.1 Å². The Bertz CT molecular complexity index is 701.